The molecule has 0 fully saturated rings. The minimum Gasteiger partial charge on any atom is -0.497 e. The Morgan fingerprint density at radius 1 is 1.56 bits per heavy atom. The van der Waals surface area contributed by atoms with Gasteiger partial charge < -0.3 is 10.1 Å². The van der Waals surface area contributed by atoms with Crippen LogP contribution < -0.4 is 10.1 Å². The molecule has 1 aromatic rings. The lowest BCUT2D eigenvalue weighted by Crippen LogP contribution is -2.21. The molecule has 4 heteroatoms. The highest BCUT2D eigenvalue weighted by Crippen LogP contribution is 2.14. The average molecular weight is 218 g/mol. The van der Waals surface area contributed by atoms with Gasteiger partial charge in [0.1, 0.15) is 11.6 Å². The van der Waals surface area contributed by atoms with Crippen molar-refractivity contribution < 1.29 is 9.53 Å². The van der Waals surface area contributed by atoms with Crippen LogP contribution in [0.15, 0.2) is 29.3 Å². The highest BCUT2D eigenvalue weighted by atomic mass is 16.5. The SMILES string of the molecule is COc1cccc(C(=O)CC2=NCCN2)c1. The number of carbonyl (C=O) groups excluding carboxylic acids is 1. The molecule has 16 heavy (non-hydrogen) atoms. The lowest BCUT2D eigenvalue weighted by atomic mass is 10.1. The summed E-state index contributed by atoms with van der Waals surface area (Å²) in [5.74, 6) is 1.55. The number of Topliss-reactive ketones (excluding diaryl/α,β-unsaturated/α-hetero) is 1. The molecule has 0 spiro atoms. The van der Waals surface area contributed by atoms with Crippen LogP contribution >= 0.6 is 0 Å². The van der Waals surface area contributed by atoms with Gasteiger partial charge in [-0.05, 0) is 12.1 Å². The fraction of sp³-hybridized carbons (Fsp3) is 0.333. The maximum atomic E-state index is 11.9. The Morgan fingerprint density at radius 2 is 2.44 bits per heavy atom. The van der Waals surface area contributed by atoms with Gasteiger partial charge in [-0.1, -0.05) is 12.1 Å². The Morgan fingerprint density at radius 3 is 3.12 bits per heavy atom. The number of rotatable bonds is 4. The zero-order chi connectivity index (χ0) is 11.4. The molecule has 0 atom stereocenters. The molecule has 1 aromatic carbocycles. The first kappa shape index (κ1) is 10.7. The molecule has 0 unspecified atom stereocenters. The predicted octanol–water partition coefficient (Wildman–Crippen LogP) is 1.27. The molecular weight excluding hydrogens is 204 g/mol. The number of aliphatic imine (C=N–C) groups is 1. The first-order chi connectivity index (χ1) is 7.79. The lowest BCUT2D eigenvalue weighted by molar-refractivity contribution is 0.0999. The van der Waals surface area contributed by atoms with Gasteiger partial charge in [0, 0.05) is 12.1 Å². The van der Waals surface area contributed by atoms with Crippen LogP contribution in [0.1, 0.15) is 16.8 Å². The number of methoxy groups -OCH3 is 1. The molecule has 1 heterocycles. The van der Waals surface area contributed by atoms with Crippen molar-refractivity contribution in [1.82, 2.24) is 5.32 Å². The van der Waals surface area contributed by atoms with Crippen LogP contribution in [0.25, 0.3) is 0 Å². The van der Waals surface area contributed by atoms with Crippen LogP contribution in [0.5, 0.6) is 5.75 Å². The summed E-state index contributed by atoms with van der Waals surface area (Å²) in [6.07, 6.45) is 0.340. The smallest absolute Gasteiger partial charge is 0.170 e. The molecule has 1 aliphatic rings. The number of ether oxygens (including phenoxy) is 1. The fourth-order valence-corrected chi connectivity index (χ4v) is 1.62. The Balaban J connectivity index is 2.07. The summed E-state index contributed by atoms with van der Waals surface area (Å²) in [7, 11) is 1.59. The number of hydrogen-bond acceptors (Lipinski definition) is 4. The fourth-order valence-electron chi connectivity index (χ4n) is 1.62. The van der Waals surface area contributed by atoms with E-state index in [2.05, 4.69) is 10.3 Å². The molecule has 1 aliphatic heterocycles. The van der Waals surface area contributed by atoms with E-state index >= 15 is 0 Å². The third-order valence-electron chi connectivity index (χ3n) is 2.46. The number of benzene rings is 1. The summed E-state index contributed by atoms with van der Waals surface area (Å²) in [4.78, 5) is 16.1. The molecule has 0 aliphatic carbocycles. The van der Waals surface area contributed by atoms with Crippen LogP contribution in [0.4, 0.5) is 0 Å². The van der Waals surface area contributed by atoms with Gasteiger partial charge >= 0.3 is 0 Å². The summed E-state index contributed by atoms with van der Waals surface area (Å²) in [5, 5.41) is 3.08. The molecular formula is C12H14N2O2. The number of nitrogens with zero attached hydrogens (tertiary/aromatic N) is 1. The topological polar surface area (TPSA) is 50.7 Å². The molecule has 2 rings (SSSR count). The lowest BCUT2D eigenvalue weighted by Gasteiger charge is -2.04. The maximum absolute atomic E-state index is 11.9. The molecule has 0 saturated heterocycles. The van der Waals surface area contributed by atoms with Crippen molar-refractivity contribution in [2.75, 3.05) is 20.2 Å². The van der Waals surface area contributed by atoms with Crippen LogP contribution in [-0.4, -0.2) is 31.8 Å². The Labute approximate surface area is 94.3 Å². The van der Waals surface area contributed by atoms with E-state index in [1.807, 2.05) is 12.1 Å². The monoisotopic (exact) mass is 218 g/mol. The highest BCUT2D eigenvalue weighted by Gasteiger charge is 2.12. The molecule has 0 bridgehead atoms. The van der Waals surface area contributed by atoms with Gasteiger partial charge in [-0.15, -0.1) is 0 Å². The molecule has 0 saturated carbocycles. The van der Waals surface area contributed by atoms with Crippen molar-refractivity contribution in [3.05, 3.63) is 29.8 Å². The van der Waals surface area contributed by atoms with E-state index < -0.39 is 0 Å². The quantitative estimate of drug-likeness (QED) is 0.774. The van der Waals surface area contributed by atoms with Crippen LogP contribution in [0, 0.1) is 0 Å². The predicted molar refractivity (Wildman–Crippen MR) is 62.2 cm³/mol. The van der Waals surface area contributed by atoms with Gasteiger partial charge in [0.15, 0.2) is 5.78 Å². The second-order valence-corrected chi connectivity index (χ2v) is 3.59. The number of ketones is 1. The maximum Gasteiger partial charge on any atom is 0.170 e. The zero-order valence-electron chi connectivity index (χ0n) is 9.19. The minimum absolute atomic E-state index is 0.0621. The summed E-state index contributed by atoms with van der Waals surface area (Å²) < 4.78 is 5.08. The zero-order valence-corrected chi connectivity index (χ0v) is 9.19. The van der Waals surface area contributed by atoms with Crippen LogP contribution in [0.3, 0.4) is 0 Å². The van der Waals surface area contributed by atoms with Crippen LogP contribution in [0.2, 0.25) is 0 Å². The number of hydrogen-bond donors (Lipinski definition) is 1. The van der Waals surface area contributed by atoms with Crippen molar-refractivity contribution in [3.63, 3.8) is 0 Å². The Hall–Kier alpha value is -1.84. The van der Waals surface area contributed by atoms with Crippen molar-refractivity contribution in [2.24, 2.45) is 4.99 Å². The molecule has 0 amide bonds. The highest BCUT2D eigenvalue weighted by molar-refractivity contribution is 6.09. The van der Waals surface area contributed by atoms with Crippen molar-refractivity contribution in [1.29, 1.82) is 0 Å². The van der Waals surface area contributed by atoms with Gasteiger partial charge in [-0.3, -0.25) is 9.79 Å². The van der Waals surface area contributed by atoms with Gasteiger partial charge in [-0.25, -0.2) is 0 Å². The van der Waals surface area contributed by atoms with E-state index in [-0.39, 0.29) is 5.78 Å². The van der Waals surface area contributed by atoms with E-state index in [9.17, 15) is 4.79 Å². The van der Waals surface area contributed by atoms with E-state index in [1.165, 1.54) is 0 Å². The first-order valence-electron chi connectivity index (χ1n) is 5.24. The normalized spacial score (nSPS) is 14.2. The van der Waals surface area contributed by atoms with Crippen molar-refractivity contribution >= 4 is 11.6 Å². The number of amidine groups is 1. The summed E-state index contributed by atoms with van der Waals surface area (Å²) in [5.41, 5.74) is 0.663. The van der Waals surface area contributed by atoms with Gasteiger partial charge in [0.2, 0.25) is 0 Å². The minimum atomic E-state index is 0.0621. The van der Waals surface area contributed by atoms with E-state index in [1.54, 1.807) is 19.2 Å². The van der Waals surface area contributed by atoms with Crippen LogP contribution in [-0.2, 0) is 0 Å². The number of nitrogens with one attached hydrogen (secondary N) is 1. The van der Waals surface area contributed by atoms with E-state index in [4.69, 9.17) is 4.74 Å². The van der Waals surface area contributed by atoms with E-state index in [0.29, 0.717) is 17.7 Å². The summed E-state index contributed by atoms with van der Waals surface area (Å²) in [6.45, 7) is 1.60. The van der Waals surface area contributed by atoms with Gasteiger partial charge in [0.25, 0.3) is 0 Å². The van der Waals surface area contributed by atoms with Gasteiger partial charge in [0.05, 0.1) is 20.1 Å². The molecule has 1 N–H and O–H groups in total. The van der Waals surface area contributed by atoms with Crippen molar-refractivity contribution in [3.8, 4) is 5.75 Å². The number of carbonyl (C=O) groups is 1. The first-order valence-corrected chi connectivity index (χ1v) is 5.24. The average Bonchev–Trinajstić information content (AvgIpc) is 2.82. The second-order valence-electron chi connectivity index (χ2n) is 3.59. The Bertz CT molecular complexity index is 427. The standard InChI is InChI=1S/C12H14N2O2/c1-16-10-4-2-3-9(7-10)11(15)8-12-13-5-6-14-12/h2-4,7H,5-6,8H2,1H3,(H,13,14). The summed E-state index contributed by atoms with van der Waals surface area (Å²) in [6, 6.07) is 7.18. The molecule has 84 valence electrons. The van der Waals surface area contributed by atoms with Crippen molar-refractivity contribution in [2.45, 2.75) is 6.42 Å². The molecule has 0 radical (unpaired) electrons. The third-order valence-corrected chi connectivity index (χ3v) is 2.46. The third kappa shape index (κ3) is 2.39. The second kappa shape index (κ2) is 4.79. The molecule has 0 aromatic heterocycles. The largest absolute Gasteiger partial charge is 0.497 e. The van der Waals surface area contributed by atoms with Gasteiger partial charge in [-0.2, -0.15) is 0 Å². The molecule has 4 nitrogen and oxygen atoms in total. The summed E-state index contributed by atoms with van der Waals surface area (Å²) >= 11 is 0. The Kier molecular flexibility index (Phi) is 3.19. The van der Waals surface area contributed by atoms with E-state index in [0.717, 1.165) is 18.9 Å².